The third-order valence-corrected chi connectivity index (χ3v) is 4.96. The molecule has 2 aliphatic rings. The molecular weight excluding hydrogens is 318 g/mol. The fraction of sp³-hybridized carbons (Fsp3) is 0.474. The highest BCUT2D eigenvalue weighted by molar-refractivity contribution is 5.82. The molecular formula is C19H23N3O3. The SMILES string of the molecule is Cc1cc([C@@H]2CCCN(C(=O)[C@@H]3Oc4ccccc4O[C@H]3C)C2)n[nH]1. The van der Waals surface area contributed by atoms with E-state index in [1.165, 1.54) is 0 Å². The number of aromatic nitrogens is 2. The molecule has 6 nitrogen and oxygen atoms in total. The van der Waals surface area contributed by atoms with Crippen LogP contribution in [-0.4, -0.2) is 46.3 Å². The first-order valence-electron chi connectivity index (χ1n) is 8.85. The van der Waals surface area contributed by atoms with E-state index in [0.29, 0.717) is 18.0 Å². The van der Waals surface area contributed by atoms with Crippen molar-refractivity contribution in [3.8, 4) is 11.5 Å². The van der Waals surface area contributed by atoms with Gasteiger partial charge in [0.05, 0.1) is 5.69 Å². The molecule has 6 heteroatoms. The Labute approximate surface area is 147 Å². The third kappa shape index (κ3) is 3.08. The number of carbonyl (C=O) groups is 1. The minimum Gasteiger partial charge on any atom is -0.482 e. The van der Waals surface area contributed by atoms with Gasteiger partial charge in [-0.15, -0.1) is 0 Å². The number of ether oxygens (including phenoxy) is 2. The van der Waals surface area contributed by atoms with Crippen molar-refractivity contribution < 1.29 is 14.3 Å². The van der Waals surface area contributed by atoms with Gasteiger partial charge in [-0.25, -0.2) is 0 Å². The Balaban J connectivity index is 1.49. The van der Waals surface area contributed by atoms with Crippen LogP contribution in [0.3, 0.4) is 0 Å². The highest BCUT2D eigenvalue weighted by Crippen LogP contribution is 2.34. The normalized spacial score (nSPS) is 25.7. The van der Waals surface area contributed by atoms with Crippen molar-refractivity contribution in [3.63, 3.8) is 0 Å². The van der Waals surface area contributed by atoms with Gasteiger partial charge < -0.3 is 14.4 Å². The number of benzene rings is 1. The lowest BCUT2D eigenvalue weighted by Gasteiger charge is -2.37. The molecule has 0 spiro atoms. The van der Waals surface area contributed by atoms with Crippen LogP contribution in [0.1, 0.15) is 37.1 Å². The lowest BCUT2D eigenvalue weighted by molar-refractivity contribution is -0.145. The van der Waals surface area contributed by atoms with Crippen LogP contribution in [0.15, 0.2) is 30.3 Å². The van der Waals surface area contributed by atoms with Gasteiger partial charge in [0.2, 0.25) is 6.10 Å². The fourth-order valence-electron chi connectivity index (χ4n) is 3.64. The molecule has 0 saturated carbocycles. The number of amides is 1. The third-order valence-electron chi connectivity index (χ3n) is 4.96. The second-order valence-electron chi connectivity index (χ2n) is 6.91. The Bertz CT molecular complexity index is 773. The summed E-state index contributed by atoms with van der Waals surface area (Å²) < 4.78 is 11.8. The Morgan fingerprint density at radius 2 is 2.04 bits per heavy atom. The van der Waals surface area contributed by atoms with Crippen LogP contribution in [-0.2, 0) is 4.79 Å². The molecule has 3 heterocycles. The smallest absolute Gasteiger partial charge is 0.267 e. The van der Waals surface area contributed by atoms with Crippen molar-refractivity contribution in [3.05, 3.63) is 41.7 Å². The molecule has 1 aromatic heterocycles. The minimum absolute atomic E-state index is 0.000962. The van der Waals surface area contributed by atoms with Crippen LogP contribution >= 0.6 is 0 Å². The molecule has 2 aliphatic heterocycles. The summed E-state index contributed by atoms with van der Waals surface area (Å²) in [6.07, 6.45) is 1.11. The number of nitrogens with zero attached hydrogens (tertiary/aromatic N) is 2. The molecule has 1 saturated heterocycles. The number of para-hydroxylation sites is 2. The Morgan fingerprint density at radius 3 is 2.76 bits per heavy atom. The van der Waals surface area contributed by atoms with Crippen molar-refractivity contribution in [1.29, 1.82) is 0 Å². The summed E-state index contributed by atoms with van der Waals surface area (Å²) >= 11 is 0. The molecule has 4 rings (SSSR count). The zero-order valence-corrected chi connectivity index (χ0v) is 14.6. The number of likely N-dealkylation sites (tertiary alicyclic amines) is 1. The molecule has 132 valence electrons. The van der Waals surface area contributed by atoms with Gasteiger partial charge in [-0.05, 0) is 44.9 Å². The van der Waals surface area contributed by atoms with Crippen LogP contribution in [0.25, 0.3) is 0 Å². The first-order valence-corrected chi connectivity index (χ1v) is 8.85. The van der Waals surface area contributed by atoms with Crippen LogP contribution < -0.4 is 9.47 Å². The Hall–Kier alpha value is -2.50. The molecule has 0 bridgehead atoms. The van der Waals surface area contributed by atoms with Gasteiger partial charge in [-0.2, -0.15) is 5.10 Å². The molecule has 1 N–H and O–H groups in total. The highest BCUT2D eigenvalue weighted by Gasteiger charge is 2.38. The van der Waals surface area contributed by atoms with Crippen LogP contribution in [0, 0.1) is 6.92 Å². The molecule has 1 aromatic carbocycles. The van der Waals surface area contributed by atoms with E-state index in [1.54, 1.807) is 0 Å². The highest BCUT2D eigenvalue weighted by atomic mass is 16.6. The predicted octanol–water partition coefficient (Wildman–Crippen LogP) is 2.65. The summed E-state index contributed by atoms with van der Waals surface area (Å²) in [5.74, 6) is 1.60. The number of nitrogens with one attached hydrogen (secondary N) is 1. The van der Waals surface area contributed by atoms with E-state index in [1.807, 2.05) is 43.0 Å². The first-order chi connectivity index (χ1) is 12.1. The lowest BCUT2D eigenvalue weighted by atomic mass is 9.94. The molecule has 25 heavy (non-hydrogen) atoms. The van der Waals surface area contributed by atoms with E-state index in [0.717, 1.165) is 30.8 Å². The van der Waals surface area contributed by atoms with Gasteiger partial charge in [-0.3, -0.25) is 9.89 Å². The number of aromatic amines is 1. The zero-order chi connectivity index (χ0) is 17.4. The number of H-pyrrole nitrogens is 1. The minimum atomic E-state index is -0.602. The number of hydrogen-bond acceptors (Lipinski definition) is 4. The largest absolute Gasteiger partial charge is 0.482 e. The maximum atomic E-state index is 13.0. The van der Waals surface area contributed by atoms with Crippen LogP contribution in [0.2, 0.25) is 0 Å². The number of fused-ring (bicyclic) bond motifs is 1. The average molecular weight is 341 g/mol. The first kappa shape index (κ1) is 16.0. The van der Waals surface area contributed by atoms with Crippen molar-refractivity contribution >= 4 is 5.91 Å². The summed E-state index contributed by atoms with van der Waals surface area (Å²) in [4.78, 5) is 14.9. The number of piperidine rings is 1. The molecule has 1 amide bonds. The van der Waals surface area contributed by atoms with E-state index < -0.39 is 6.10 Å². The second-order valence-corrected chi connectivity index (χ2v) is 6.91. The standard InChI is InChI=1S/C19H23N3O3/c1-12-10-15(21-20-12)14-6-5-9-22(11-14)19(23)18-13(2)24-16-7-3-4-8-17(16)25-18/h3-4,7-8,10,13-14,18H,5-6,9,11H2,1-2H3,(H,20,21)/t13-,14+,18+/m0/s1. The summed E-state index contributed by atoms with van der Waals surface area (Å²) in [7, 11) is 0. The molecule has 1 fully saturated rings. The van der Waals surface area contributed by atoms with E-state index in [9.17, 15) is 4.79 Å². The van der Waals surface area contributed by atoms with Crippen LogP contribution in [0.5, 0.6) is 11.5 Å². The summed E-state index contributed by atoms with van der Waals surface area (Å²) in [6, 6.07) is 9.56. The van der Waals surface area contributed by atoms with Gasteiger partial charge >= 0.3 is 0 Å². The summed E-state index contributed by atoms with van der Waals surface area (Å²) in [5.41, 5.74) is 2.09. The van der Waals surface area contributed by atoms with Gasteiger partial charge in [-0.1, -0.05) is 12.1 Å². The van der Waals surface area contributed by atoms with Gasteiger partial charge in [0, 0.05) is 24.7 Å². The van der Waals surface area contributed by atoms with Gasteiger partial charge in [0.25, 0.3) is 5.91 Å². The quantitative estimate of drug-likeness (QED) is 0.912. The molecule has 0 unspecified atom stereocenters. The number of hydrogen-bond donors (Lipinski definition) is 1. The van der Waals surface area contributed by atoms with Gasteiger partial charge in [0.1, 0.15) is 6.10 Å². The van der Waals surface area contributed by atoms with E-state index in [2.05, 4.69) is 16.3 Å². The lowest BCUT2D eigenvalue weighted by Crippen LogP contribution is -2.52. The van der Waals surface area contributed by atoms with Crippen molar-refractivity contribution in [2.45, 2.75) is 44.8 Å². The summed E-state index contributed by atoms with van der Waals surface area (Å²) in [5, 5.41) is 7.36. The fourth-order valence-corrected chi connectivity index (χ4v) is 3.64. The topological polar surface area (TPSA) is 67.5 Å². The summed E-state index contributed by atoms with van der Waals surface area (Å²) in [6.45, 7) is 5.32. The van der Waals surface area contributed by atoms with Crippen molar-refractivity contribution in [1.82, 2.24) is 15.1 Å². The maximum absolute atomic E-state index is 13.0. The molecule has 3 atom stereocenters. The zero-order valence-electron chi connectivity index (χ0n) is 14.6. The molecule has 0 radical (unpaired) electrons. The monoisotopic (exact) mass is 341 g/mol. The van der Waals surface area contributed by atoms with Gasteiger partial charge in [0.15, 0.2) is 11.5 Å². The van der Waals surface area contributed by atoms with E-state index >= 15 is 0 Å². The number of rotatable bonds is 2. The van der Waals surface area contributed by atoms with E-state index in [-0.39, 0.29) is 17.9 Å². The van der Waals surface area contributed by atoms with E-state index in [4.69, 9.17) is 9.47 Å². The van der Waals surface area contributed by atoms with Crippen LogP contribution in [0.4, 0.5) is 0 Å². The number of carbonyl (C=O) groups excluding carboxylic acids is 1. The average Bonchev–Trinajstić information content (AvgIpc) is 3.07. The second kappa shape index (κ2) is 6.43. The Kier molecular flexibility index (Phi) is 4.11. The number of aryl methyl sites for hydroxylation is 1. The predicted molar refractivity (Wildman–Crippen MR) is 92.8 cm³/mol. The Morgan fingerprint density at radius 1 is 1.28 bits per heavy atom. The molecule has 0 aliphatic carbocycles. The maximum Gasteiger partial charge on any atom is 0.267 e. The van der Waals surface area contributed by atoms with Crippen molar-refractivity contribution in [2.24, 2.45) is 0 Å². The molecule has 2 aromatic rings. The van der Waals surface area contributed by atoms with Crippen molar-refractivity contribution in [2.75, 3.05) is 13.1 Å².